The van der Waals surface area contributed by atoms with Crippen molar-refractivity contribution in [1.29, 1.82) is 0 Å². The summed E-state index contributed by atoms with van der Waals surface area (Å²) in [5.41, 5.74) is 7.10. The van der Waals surface area contributed by atoms with Crippen molar-refractivity contribution in [2.45, 2.75) is 141 Å². The lowest BCUT2D eigenvalue weighted by atomic mass is 9.98. The van der Waals surface area contributed by atoms with Crippen LogP contribution in [0.1, 0.15) is 103 Å². The molecule has 1 aliphatic rings. The summed E-state index contributed by atoms with van der Waals surface area (Å²) < 4.78 is 0. The molecule has 2 aromatic rings. The number of nitrogens with two attached hydrogens (primary N) is 1. The molecule has 0 saturated carbocycles. The van der Waals surface area contributed by atoms with Gasteiger partial charge >= 0.3 is 12.0 Å². The largest absolute Gasteiger partial charge is 0.508 e. The number of aliphatic carboxylic acids is 1. The average Bonchev–Trinajstić information content (AvgIpc) is 3.23. The van der Waals surface area contributed by atoms with Gasteiger partial charge in [-0.3, -0.25) is 24.0 Å². The highest BCUT2D eigenvalue weighted by Crippen LogP contribution is 2.19. The molecule has 1 heterocycles. The smallest absolute Gasteiger partial charge is 0.326 e. The highest BCUT2D eigenvalue weighted by atomic mass is 16.4. The maximum Gasteiger partial charge on any atom is 0.326 e. The zero-order chi connectivity index (χ0) is 47.3. The van der Waals surface area contributed by atoms with Gasteiger partial charge < -0.3 is 57.9 Å². The van der Waals surface area contributed by atoms with E-state index in [-0.39, 0.29) is 74.8 Å². The second-order valence-corrected chi connectivity index (χ2v) is 17.5. The molecule has 2 aromatic carbocycles. The summed E-state index contributed by atoms with van der Waals surface area (Å²) in [6.07, 6.45) is 3.08. The van der Waals surface area contributed by atoms with E-state index in [1.54, 1.807) is 24.3 Å². The van der Waals surface area contributed by atoms with Crippen molar-refractivity contribution < 1.29 is 48.9 Å². The highest BCUT2D eigenvalue weighted by molar-refractivity contribution is 5.96. The second-order valence-electron chi connectivity index (χ2n) is 17.5. The lowest BCUT2D eigenvalue weighted by Crippen LogP contribution is -2.60. The van der Waals surface area contributed by atoms with E-state index in [0.29, 0.717) is 38.6 Å². The summed E-state index contributed by atoms with van der Waals surface area (Å²) in [7, 11) is 1.46. The fourth-order valence-corrected chi connectivity index (χ4v) is 7.50. The van der Waals surface area contributed by atoms with E-state index in [1.807, 2.05) is 27.7 Å². The maximum absolute atomic E-state index is 14.7. The zero-order valence-electron chi connectivity index (χ0n) is 37.9. The molecule has 1 aliphatic heterocycles. The first-order valence-electron chi connectivity index (χ1n) is 22.4. The molecule has 3 rings (SSSR count). The van der Waals surface area contributed by atoms with E-state index in [1.165, 1.54) is 36.2 Å². The number of amides is 7. The molecule has 64 heavy (non-hydrogen) atoms. The van der Waals surface area contributed by atoms with Gasteiger partial charge in [-0.25, -0.2) is 9.59 Å². The molecule has 0 radical (unpaired) electrons. The number of nitrogens with one attached hydrogen (secondary N) is 6. The SMILES string of the molecule is CC(C)CC1NC(=O)C(NC(=O)NC(CCCCN)C(=O)O)CCCCNC(=O)C(CC(C)C)NC(=O)C(CCc2ccc(O)cc2)N(C)C(=O)C(CCc2ccc(O)cc2)NC1=O. The fraction of sp³-hybridized carbons (Fsp3) is 0.587. The first-order chi connectivity index (χ1) is 30.4. The first kappa shape index (κ1) is 52.4. The minimum atomic E-state index is -1.25. The Morgan fingerprint density at radius 1 is 0.734 bits per heavy atom. The van der Waals surface area contributed by atoms with Gasteiger partial charge in [0.1, 0.15) is 47.8 Å². The van der Waals surface area contributed by atoms with Crippen LogP contribution in [0.3, 0.4) is 0 Å². The van der Waals surface area contributed by atoms with Crippen LogP contribution in [0.2, 0.25) is 0 Å². The number of phenolic OH excluding ortho intramolecular Hbond substituents is 2. The van der Waals surface area contributed by atoms with Crippen LogP contribution in [-0.2, 0) is 41.6 Å². The number of hydrogen-bond acceptors (Lipinski definition) is 10. The number of benzene rings is 2. The fourth-order valence-electron chi connectivity index (χ4n) is 7.50. The number of likely N-dealkylation sites (N-methyl/N-ethyl adjacent to an activating group) is 1. The Morgan fingerprint density at radius 2 is 1.27 bits per heavy atom. The summed E-state index contributed by atoms with van der Waals surface area (Å²) in [4.78, 5) is 97.7. The third-order valence-electron chi connectivity index (χ3n) is 11.1. The first-order valence-corrected chi connectivity index (χ1v) is 22.4. The molecule has 0 bridgehead atoms. The molecular weight excluding hydrogens is 825 g/mol. The van der Waals surface area contributed by atoms with Gasteiger partial charge in [-0.1, -0.05) is 52.0 Å². The van der Waals surface area contributed by atoms with Crippen molar-refractivity contribution in [3.63, 3.8) is 0 Å². The number of rotatable bonds is 17. The van der Waals surface area contributed by atoms with Crippen molar-refractivity contribution in [2.75, 3.05) is 20.1 Å². The number of carbonyl (C=O) groups excluding carboxylic acids is 6. The monoisotopic (exact) mass is 895 g/mol. The number of aromatic hydroxyl groups is 2. The molecule has 0 aromatic heterocycles. The summed E-state index contributed by atoms with van der Waals surface area (Å²) in [5.74, 6) is -4.27. The van der Waals surface area contributed by atoms with Gasteiger partial charge in [0.05, 0.1) is 0 Å². The quantitative estimate of drug-likeness (QED) is 0.103. The molecule has 0 spiro atoms. The van der Waals surface area contributed by atoms with Crippen molar-refractivity contribution in [1.82, 2.24) is 36.8 Å². The van der Waals surface area contributed by atoms with Crippen LogP contribution in [0.5, 0.6) is 11.5 Å². The predicted molar refractivity (Wildman–Crippen MR) is 241 cm³/mol. The van der Waals surface area contributed by atoms with Gasteiger partial charge in [0.15, 0.2) is 0 Å². The van der Waals surface area contributed by atoms with Crippen LogP contribution in [0.15, 0.2) is 48.5 Å². The van der Waals surface area contributed by atoms with Gasteiger partial charge in [0.2, 0.25) is 29.5 Å². The van der Waals surface area contributed by atoms with E-state index in [0.717, 1.165) is 11.1 Å². The summed E-state index contributed by atoms with van der Waals surface area (Å²) in [6.45, 7) is 8.04. The van der Waals surface area contributed by atoms with Crippen LogP contribution in [0, 0.1) is 11.8 Å². The second kappa shape index (κ2) is 26.7. The summed E-state index contributed by atoms with van der Waals surface area (Å²) in [5, 5.41) is 45.9. The number of carboxylic acid groups (broad SMARTS) is 1. The van der Waals surface area contributed by atoms with Crippen molar-refractivity contribution in [2.24, 2.45) is 17.6 Å². The topological polar surface area (TPSA) is 282 Å². The normalized spacial score (nSPS) is 21.4. The number of aryl methyl sites for hydroxylation is 2. The van der Waals surface area contributed by atoms with E-state index < -0.39 is 77.8 Å². The van der Waals surface area contributed by atoms with Gasteiger partial charge in [-0.05, 0) is 131 Å². The van der Waals surface area contributed by atoms with Gasteiger partial charge in [-0.2, -0.15) is 0 Å². The van der Waals surface area contributed by atoms with Gasteiger partial charge in [0, 0.05) is 13.6 Å². The van der Waals surface area contributed by atoms with Crippen LogP contribution in [0.4, 0.5) is 4.79 Å². The van der Waals surface area contributed by atoms with Crippen molar-refractivity contribution in [3.8, 4) is 11.5 Å². The molecule has 6 unspecified atom stereocenters. The number of carboxylic acids is 1. The number of nitrogens with zero attached hydrogens (tertiary/aromatic N) is 1. The third kappa shape index (κ3) is 18.1. The van der Waals surface area contributed by atoms with Crippen molar-refractivity contribution in [3.05, 3.63) is 59.7 Å². The number of hydrogen-bond donors (Lipinski definition) is 10. The predicted octanol–water partition coefficient (Wildman–Crippen LogP) is 2.59. The third-order valence-corrected chi connectivity index (χ3v) is 11.1. The minimum Gasteiger partial charge on any atom is -0.508 e. The number of carbonyl (C=O) groups is 7. The molecule has 6 atom stereocenters. The van der Waals surface area contributed by atoms with Crippen LogP contribution in [-0.4, -0.2) is 118 Å². The Hall–Kier alpha value is -5.91. The number of phenols is 2. The lowest BCUT2D eigenvalue weighted by Gasteiger charge is -2.33. The molecule has 1 fully saturated rings. The van der Waals surface area contributed by atoms with E-state index in [4.69, 9.17) is 5.73 Å². The van der Waals surface area contributed by atoms with Crippen LogP contribution < -0.4 is 37.6 Å². The Balaban J connectivity index is 2.06. The number of urea groups is 1. The van der Waals surface area contributed by atoms with Gasteiger partial charge in [-0.15, -0.1) is 0 Å². The molecule has 18 heteroatoms. The van der Waals surface area contributed by atoms with Crippen LogP contribution >= 0.6 is 0 Å². The molecule has 11 N–H and O–H groups in total. The summed E-state index contributed by atoms with van der Waals surface area (Å²) in [6, 6.07) is 5.02. The van der Waals surface area contributed by atoms with Gasteiger partial charge in [0.25, 0.3) is 0 Å². The highest BCUT2D eigenvalue weighted by Gasteiger charge is 2.36. The van der Waals surface area contributed by atoms with Crippen molar-refractivity contribution >= 4 is 41.5 Å². The zero-order valence-corrected chi connectivity index (χ0v) is 37.9. The molecule has 354 valence electrons. The maximum atomic E-state index is 14.7. The molecular formula is C46H70N8O10. The molecule has 18 nitrogen and oxygen atoms in total. The van der Waals surface area contributed by atoms with E-state index in [2.05, 4.69) is 31.9 Å². The Bertz CT molecular complexity index is 1840. The number of unbranched alkanes of at least 4 members (excludes halogenated alkanes) is 1. The Labute approximate surface area is 376 Å². The minimum absolute atomic E-state index is 0.0105. The van der Waals surface area contributed by atoms with E-state index >= 15 is 0 Å². The average molecular weight is 895 g/mol. The standard InChI is InChI=1S/C46H70N8O10/c1-28(2)26-37-40(57)48-25-9-7-10-34(52-46(64)53-36(45(62)63)11-6-8-24-47)41(58)50-38(27-29(3)4)42(59)49-35(22-16-30-12-18-32(55)19-13-30)44(61)54(5)39(43(60)51-37)23-17-31-14-20-33(56)21-15-31/h12-15,18-21,28-29,34-39,55-56H,6-11,16-17,22-27,47H2,1-5H3,(H,48,57)(H,49,59)(H,50,58)(H,51,60)(H,62,63)(H2,52,53,64). The molecule has 0 aliphatic carbocycles. The summed E-state index contributed by atoms with van der Waals surface area (Å²) >= 11 is 0. The lowest BCUT2D eigenvalue weighted by molar-refractivity contribution is -0.143. The molecule has 7 amide bonds. The Kier molecular flexibility index (Phi) is 21.8. The Morgan fingerprint density at radius 3 is 1.81 bits per heavy atom. The van der Waals surface area contributed by atoms with Crippen LogP contribution in [0.25, 0.3) is 0 Å². The van der Waals surface area contributed by atoms with E-state index in [9.17, 15) is 48.9 Å². The molecule has 1 saturated heterocycles.